The molecule has 1 unspecified atom stereocenters. The molecule has 0 spiro atoms. The van der Waals surface area contributed by atoms with Crippen molar-refractivity contribution in [3.63, 3.8) is 0 Å². The van der Waals surface area contributed by atoms with Gasteiger partial charge in [0, 0.05) is 49.2 Å². The van der Waals surface area contributed by atoms with Gasteiger partial charge in [0.1, 0.15) is 55.6 Å². The number of aliphatic hydroxyl groups excluding tert-OH is 1. The lowest BCUT2D eigenvalue weighted by Crippen LogP contribution is -2.46. The summed E-state index contributed by atoms with van der Waals surface area (Å²) in [7, 11) is 0. The molecule has 5 aromatic rings. The molecule has 0 amide bonds. The number of hydrogen-bond acceptors (Lipinski definition) is 12. The van der Waals surface area contributed by atoms with Gasteiger partial charge in [0.15, 0.2) is 6.10 Å². The van der Waals surface area contributed by atoms with Gasteiger partial charge in [-0.3, -0.25) is 4.79 Å². The second kappa shape index (κ2) is 18.4. The van der Waals surface area contributed by atoms with E-state index < -0.39 is 48.0 Å². The van der Waals surface area contributed by atoms with Gasteiger partial charge in [-0.15, -0.1) is 0 Å². The van der Waals surface area contributed by atoms with Crippen LogP contribution in [0.5, 0.6) is 5.75 Å². The maximum Gasteiger partial charge on any atom is 0.350 e. The number of benzene rings is 3. The molecule has 0 saturated carbocycles. The molecule has 0 bridgehead atoms. The lowest BCUT2D eigenvalue weighted by Gasteiger charge is -2.37. The topological polar surface area (TPSA) is 200 Å². The Morgan fingerprint density at radius 3 is 2.12 bits per heavy atom. The number of carboxylic acid groups (broad SMARTS) is 2. The number of aromatic nitrogens is 6. The van der Waals surface area contributed by atoms with Crippen LogP contribution in [0.25, 0.3) is 5.69 Å². The van der Waals surface area contributed by atoms with Crippen LogP contribution in [-0.2, 0) is 31.4 Å². The van der Waals surface area contributed by atoms with Crippen molar-refractivity contribution < 1.29 is 47.9 Å². The van der Waals surface area contributed by atoms with Gasteiger partial charge < -0.3 is 39.3 Å². The number of carbonyl (C=O) groups is 2. The van der Waals surface area contributed by atoms with Crippen molar-refractivity contribution in [1.82, 2.24) is 29.1 Å². The molecule has 0 radical (unpaired) electrons. The maximum atomic E-state index is 14.9. The van der Waals surface area contributed by atoms with Gasteiger partial charge in [0.05, 0.1) is 24.8 Å². The van der Waals surface area contributed by atoms with Crippen LogP contribution in [0.4, 0.5) is 20.2 Å². The fourth-order valence-corrected chi connectivity index (χ4v) is 6.49. The van der Waals surface area contributed by atoms with Crippen molar-refractivity contribution in [2.24, 2.45) is 0 Å². The molecule has 2 fully saturated rings. The highest BCUT2D eigenvalue weighted by atomic mass is 19.1. The molecule has 2 saturated heterocycles. The molecule has 308 valence electrons. The first kappa shape index (κ1) is 41.5. The summed E-state index contributed by atoms with van der Waals surface area (Å²) >= 11 is 0. The van der Waals surface area contributed by atoms with Crippen LogP contribution in [0.2, 0.25) is 0 Å². The van der Waals surface area contributed by atoms with E-state index in [4.69, 9.17) is 29.5 Å². The Morgan fingerprint density at radius 2 is 1.57 bits per heavy atom. The van der Waals surface area contributed by atoms with Crippen LogP contribution in [0.3, 0.4) is 0 Å². The Balaban J connectivity index is 0.000000565. The number of aliphatic carboxylic acids is 2. The van der Waals surface area contributed by atoms with Crippen LogP contribution < -0.4 is 20.2 Å². The van der Waals surface area contributed by atoms with E-state index in [1.165, 1.54) is 34.2 Å². The lowest BCUT2D eigenvalue weighted by atomic mass is 10.0. The number of halogens is 2. The molecule has 2 aliphatic rings. The van der Waals surface area contributed by atoms with E-state index in [-0.39, 0.29) is 37.1 Å². The number of nitrogens with zero attached hydrogens (tertiary/aromatic N) is 8. The predicted molar refractivity (Wildman–Crippen MR) is 204 cm³/mol. The fourth-order valence-electron chi connectivity index (χ4n) is 6.49. The van der Waals surface area contributed by atoms with Gasteiger partial charge in [-0.25, -0.2) is 37.3 Å². The molecule has 4 heterocycles. The molecule has 3 aromatic carbocycles. The molecule has 2 aromatic heterocycles. The zero-order valence-corrected chi connectivity index (χ0v) is 31.8. The summed E-state index contributed by atoms with van der Waals surface area (Å²) in [4.78, 5) is 40.8. The fraction of sp³-hybridized carbons (Fsp3) is 0.385. The minimum absolute atomic E-state index is 0.0334. The molecular formula is C39H44F2N8O9. The van der Waals surface area contributed by atoms with E-state index in [0.29, 0.717) is 5.75 Å². The summed E-state index contributed by atoms with van der Waals surface area (Å²) in [5.41, 5.74) is 2.95. The molecule has 2 aliphatic heterocycles. The first-order valence-corrected chi connectivity index (χ1v) is 18.6. The Labute approximate surface area is 331 Å². The number of hydrogen-bond donors (Lipinski definition) is 3. The van der Waals surface area contributed by atoms with Crippen LogP contribution in [0.1, 0.15) is 38.3 Å². The molecule has 3 N–H and O–H groups in total. The Kier molecular flexibility index (Phi) is 13.1. The Morgan fingerprint density at radius 1 is 0.931 bits per heavy atom. The van der Waals surface area contributed by atoms with Crippen LogP contribution >= 0.6 is 0 Å². The summed E-state index contributed by atoms with van der Waals surface area (Å²) in [5, 5.41) is 32.5. The van der Waals surface area contributed by atoms with Crippen LogP contribution in [0, 0.1) is 11.6 Å². The van der Waals surface area contributed by atoms with E-state index >= 15 is 0 Å². The second-order valence-corrected chi connectivity index (χ2v) is 13.8. The van der Waals surface area contributed by atoms with Crippen molar-refractivity contribution >= 4 is 23.3 Å². The summed E-state index contributed by atoms with van der Waals surface area (Å²) < 4.78 is 51.4. The number of aliphatic hydroxyl groups is 1. The predicted octanol–water partition coefficient (Wildman–Crippen LogP) is 3.46. The number of carboxylic acids is 2. The second-order valence-electron chi connectivity index (χ2n) is 13.8. The number of piperazine rings is 1. The van der Waals surface area contributed by atoms with Crippen LogP contribution in [-0.4, -0.2) is 108 Å². The van der Waals surface area contributed by atoms with Crippen molar-refractivity contribution in [2.45, 2.75) is 57.3 Å². The quantitative estimate of drug-likeness (QED) is 0.147. The van der Waals surface area contributed by atoms with Crippen molar-refractivity contribution in [2.75, 3.05) is 49.2 Å². The van der Waals surface area contributed by atoms with Gasteiger partial charge in [-0.2, -0.15) is 10.2 Å². The number of ether oxygens (including phenoxy) is 3. The highest BCUT2D eigenvalue weighted by Gasteiger charge is 2.46. The molecule has 19 heteroatoms. The third kappa shape index (κ3) is 9.85. The Hall–Kier alpha value is -6.18. The first-order valence-electron chi connectivity index (χ1n) is 18.6. The van der Waals surface area contributed by atoms with Gasteiger partial charge in [-0.05, 0) is 74.0 Å². The molecule has 0 aliphatic carbocycles. The SMILES string of the molecule is CCC(C)n1ncn(-c2ccc(N3CCN(c4ccc(OC[C@H]5CO[C@](Cn6cncn6)(c6ccc(F)cc6F)O5)cc4)CC3)cc2)c1=O.O=C(O)C[C@H](O)C(=O)O. The number of rotatable bonds is 14. The molecular weight excluding hydrogens is 762 g/mol. The smallest absolute Gasteiger partial charge is 0.350 e. The minimum atomic E-state index is -1.79. The van der Waals surface area contributed by atoms with Gasteiger partial charge in [0.25, 0.3) is 0 Å². The van der Waals surface area contributed by atoms with Gasteiger partial charge in [-0.1, -0.05) is 6.92 Å². The van der Waals surface area contributed by atoms with Gasteiger partial charge in [0.2, 0.25) is 5.79 Å². The summed E-state index contributed by atoms with van der Waals surface area (Å²) in [6.07, 6.45) is 2.22. The third-order valence-corrected chi connectivity index (χ3v) is 9.80. The standard InChI is InChI=1S/C35H38F2N8O4.C4H6O5/c1-3-25(2)45-34(46)44(24-40-45)29-7-5-27(6-8-29)41-14-16-42(17-15-41)28-9-11-30(12-10-28)47-19-31-20-48-35(49-31,21-43-23-38-22-39-43)32-13-4-26(36)18-33(32)37;5-2(4(8)9)1-3(6)7/h4-13,18,22-25,31H,3,14-17,19-21H2,1-2H3;2,5H,1H2,(H,6,7)(H,8,9)/t25?,31-,35-;2-/m00/s1. The van der Waals surface area contributed by atoms with Gasteiger partial charge >= 0.3 is 17.6 Å². The zero-order valence-electron chi connectivity index (χ0n) is 31.8. The zero-order chi connectivity index (χ0) is 41.4. The van der Waals surface area contributed by atoms with E-state index in [1.807, 2.05) is 50.2 Å². The van der Waals surface area contributed by atoms with Crippen molar-refractivity contribution in [1.29, 1.82) is 0 Å². The number of anilines is 2. The summed E-state index contributed by atoms with van der Waals surface area (Å²) in [5.74, 6) is -5.14. The van der Waals surface area contributed by atoms with E-state index in [1.54, 1.807) is 10.9 Å². The maximum absolute atomic E-state index is 14.9. The monoisotopic (exact) mass is 806 g/mol. The largest absolute Gasteiger partial charge is 0.491 e. The van der Waals surface area contributed by atoms with Crippen molar-refractivity contribution in [3.8, 4) is 11.4 Å². The third-order valence-electron chi connectivity index (χ3n) is 9.80. The minimum Gasteiger partial charge on any atom is -0.491 e. The van der Waals surface area contributed by atoms with E-state index in [0.717, 1.165) is 55.7 Å². The molecule has 58 heavy (non-hydrogen) atoms. The van der Waals surface area contributed by atoms with Crippen molar-refractivity contribution in [3.05, 3.63) is 113 Å². The molecule has 7 rings (SSSR count). The average molecular weight is 807 g/mol. The molecule has 17 nitrogen and oxygen atoms in total. The molecule has 4 atom stereocenters. The van der Waals surface area contributed by atoms with E-state index in [9.17, 15) is 23.2 Å². The average Bonchev–Trinajstić information content (AvgIpc) is 3.98. The highest BCUT2D eigenvalue weighted by molar-refractivity contribution is 5.79. The Bertz CT molecular complexity index is 2190. The van der Waals surface area contributed by atoms with Crippen LogP contribution in [0.15, 0.2) is 90.5 Å². The van der Waals surface area contributed by atoms with E-state index in [2.05, 4.69) is 37.1 Å². The lowest BCUT2D eigenvalue weighted by molar-refractivity contribution is -0.192. The summed E-state index contributed by atoms with van der Waals surface area (Å²) in [6, 6.07) is 19.3. The first-order chi connectivity index (χ1) is 27.9. The summed E-state index contributed by atoms with van der Waals surface area (Å²) in [6.45, 7) is 7.80. The normalized spacial score (nSPS) is 18.9. The highest BCUT2D eigenvalue weighted by Crippen LogP contribution is 2.38.